The van der Waals surface area contributed by atoms with E-state index < -0.39 is 0 Å². The molecule has 1 aromatic heterocycles. The number of benzene rings is 3. The van der Waals surface area contributed by atoms with Gasteiger partial charge >= 0.3 is 0 Å². The van der Waals surface area contributed by atoms with Crippen LogP contribution in [0, 0.1) is 19.7 Å². The van der Waals surface area contributed by atoms with Gasteiger partial charge in [-0.3, -0.25) is 0 Å². The highest BCUT2D eigenvalue weighted by molar-refractivity contribution is 6.01. The molecule has 0 saturated heterocycles. The summed E-state index contributed by atoms with van der Waals surface area (Å²) in [5.74, 6) is 0.523. The maximum atomic E-state index is 13.6. The van der Waals surface area contributed by atoms with E-state index in [1.807, 2.05) is 56.3 Å². The summed E-state index contributed by atoms with van der Waals surface area (Å²) < 4.78 is 21.0. The number of methoxy groups -OCH3 is 1. The molecule has 0 bridgehead atoms. The summed E-state index contributed by atoms with van der Waals surface area (Å²) >= 11 is 0. The zero-order valence-electron chi connectivity index (χ0n) is 19.3. The van der Waals surface area contributed by atoms with Gasteiger partial charge in [0.25, 0.3) is 0 Å². The van der Waals surface area contributed by atoms with Crippen LogP contribution in [0.4, 0.5) is 4.39 Å². The largest absolute Gasteiger partial charge is 0.497 e. The highest BCUT2D eigenvalue weighted by atomic mass is 19.1. The lowest BCUT2D eigenvalue weighted by atomic mass is 10.1. The molecule has 5 heteroatoms. The maximum absolute atomic E-state index is 13.6. The Morgan fingerprint density at radius 3 is 2.30 bits per heavy atom. The van der Waals surface area contributed by atoms with Gasteiger partial charge in [0.05, 0.1) is 18.5 Å². The molecular formula is C28H27FN2O2. The molecule has 0 aliphatic rings. The van der Waals surface area contributed by atoms with Gasteiger partial charge in [0.2, 0.25) is 0 Å². The third-order valence-corrected chi connectivity index (χ3v) is 5.79. The van der Waals surface area contributed by atoms with Crippen molar-refractivity contribution >= 4 is 5.71 Å². The number of hydrogen-bond donors (Lipinski definition) is 0. The first-order valence-electron chi connectivity index (χ1n) is 10.8. The molecule has 0 spiro atoms. The second kappa shape index (κ2) is 9.74. The average Bonchev–Trinajstić information content (AvgIpc) is 3.18. The summed E-state index contributed by atoms with van der Waals surface area (Å²) in [4.78, 5) is 5.69. The highest BCUT2D eigenvalue weighted by Crippen LogP contribution is 2.31. The predicted octanol–water partition coefficient (Wildman–Crippen LogP) is 6.85. The normalized spacial score (nSPS) is 11.5. The summed E-state index contributed by atoms with van der Waals surface area (Å²) in [6.07, 6.45) is 0. The molecule has 0 amide bonds. The van der Waals surface area contributed by atoms with E-state index in [0.717, 1.165) is 45.2 Å². The van der Waals surface area contributed by atoms with Crippen molar-refractivity contribution in [3.8, 4) is 22.7 Å². The molecule has 0 unspecified atom stereocenters. The summed E-state index contributed by atoms with van der Waals surface area (Å²) in [7, 11) is 1.65. The first kappa shape index (κ1) is 22.3. The Bertz CT molecular complexity index is 1270. The first-order chi connectivity index (χ1) is 16.0. The van der Waals surface area contributed by atoms with Crippen LogP contribution in [0.15, 0.2) is 84.0 Å². The van der Waals surface area contributed by atoms with Crippen molar-refractivity contribution in [1.29, 1.82) is 0 Å². The second-order valence-corrected chi connectivity index (χ2v) is 7.95. The molecule has 3 aromatic carbocycles. The van der Waals surface area contributed by atoms with Crippen LogP contribution in [0.1, 0.15) is 29.3 Å². The van der Waals surface area contributed by atoms with Crippen molar-refractivity contribution < 1.29 is 14.0 Å². The Balaban J connectivity index is 1.72. The summed E-state index contributed by atoms with van der Waals surface area (Å²) in [5, 5.41) is 4.40. The van der Waals surface area contributed by atoms with E-state index in [0.29, 0.717) is 6.61 Å². The van der Waals surface area contributed by atoms with Gasteiger partial charge in [0.1, 0.15) is 18.2 Å². The molecule has 1 heterocycles. The van der Waals surface area contributed by atoms with Crippen molar-refractivity contribution in [3.05, 3.63) is 107 Å². The van der Waals surface area contributed by atoms with Gasteiger partial charge in [-0.25, -0.2) is 4.39 Å². The van der Waals surface area contributed by atoms with E-state index in [9.17, 15) is 4.39 Å². The Labute approximate surface area is 193 Å². The number of aryl methyl sites for hydroxylation is 1. The van der Waals surface area contributed by atoms with Crippen LogP contribution >= 0.6 is 0 Å². The smallest absolute Gasteiger partial charge is 0.142 e. The number of hydrogen-bond acceptors (Lipinski definition) is 3. The monoisotopic (exact) mass is 442 g/mol. The quantitative estimate of drug-likeness (QED) is 0.232. The van der Waals surface area contributed by atoms with Crippen LogP contribution < -0.4 is 4.74 Å². The molecule has 0 aliphatic heterocycles. The van der Waals surface area contributed by atoms with Gasteiger partial charge in [-0.2, -0.15) is 0 Å². The SMILES string of the molecule is COc1ccc(-n2c(-c3ccc(F)cc3)cc(C(C)=NOCc3ccccc3C)c2C)cc1. The number of aromatic nitrogens is 1. The molecule has 168 valence electrons. The molecule has 4 aromatic rings. The molecular weight excluding hydrogens is 415 g/mol. The maximum Gasteiger partial charge on any atom is 0.142 e. The molecule has 0 N–H and O–H groups in total. The minimum absolute atomic E-state index is 0.263. The summed E-state index contributed by atoms with van der Waals surface area (Å²) in [6, 6.07) is 24.6. The zero-order chi connectivity index (χ0) is 23.4. The van der Waals surface area contributed by atoms with Crippen LogP contribution in [0.3, 0.4) is 0 Å². The minimum Gasteiger partial charge on any atom is -0.497 e. The van der Waals surface area contributed by atoms with E-state index in [2.05, 4.69) is 28.8 Å². The lowest BCUT2D eigenvalue weighted by molar-refractivity contribution is 0.130. The Kier molecular flexibility index (Phi) is 6.59. The van der Waals surface area contributed by atoms with Gasteiger partial charge in [0.15, 0.2) is 0 Å². The molecule has 0 aliphatic carbocycles. The molecule has 0 saturated carbocycles. The first-order valence-corrected chi connectivity index (χ1v) is 10.8. The number of nitrogens with zero attached hydrogens (tertiary/aromatic N) is 2. The van der Waals surface area contributed by atoms with Crippen LogP contribution in [0.25, 0.3) is 16.9 Å². The number of oxime groups is 1. The third kappa shape index (κ3) is 4.82. The van der Waals surface area contributed by atoms with Crippen LogP contribution in [-0.2, 0) is 11.4 Å². The fraction of sp³-hybridized carbons (Fsp3) is 0.179. The lowest BCUT2D eigenvalue weighted by Crippen LogP contribution is -2.03. The topological polar surface area (TPSA) is 35.8 Å². The zero-order valence-corrected chi connectivity index (χ0v) is 19.3. The Morgan fingerprint density at radius 2 is 1.64 bits per heavy atom. The Morgan fingerprint density at radius 1 is 0.939 bits per heavy atom. The standard InChI is InChI=1S/C28H27FN2O2/c1-19-7-5-6-8-23(19)18-33-30-20(2)27-17-28(22-9-11-24(29)12-10-22)31(21(27)3)25-13-15-26(32-4)16-14-25/h5-17H,18H2,1-4H3. The van der Waals surface area contributed by atoms with E-state index in [1.54, 1.807) is 19.2 Å². The predicted molar refractivity (Wildman–Crippen MR) is 131 cm³/mol. The van der Waals surface area contributed by atoms with Gasteiger partial charge < -0.3 is 14.1 Å². The minimum atomic E-state index is -0.263. The van der Waals surface area contributed by atoms with Gasteiger partial charge in [-0.05, 0) is 92.1 Å². The van der Waals surface area contributed by atoms with Crippen molar-refractivity contribution in [1.82, 2.24) is 4.57 Å². The molecule has 0 fully saturated rings. The van der Waals surface area contributed by atoms with E-state index in [-0.39, 0.29) is 5.82 Å². The number of halogens is 1. The van der Waals surface area contributed by atoms with Crippen molar-refractivity contribution in [2.45, 2.75) is 27.4 Å². The van der Waals surface area contributed by atoms with Crippen LogP contribution in [0.2, 0.25) is 0 Å². The van der Waals surface area contributed by atoms with Crippen molar-refractivity contribution in [2.24, 2.45) is 5.16 Å². The molecule has 0 atom stereocenters. The van der Waals surface area contributed by atoms with Gasteiger partial charge in [-0.15, -0.1) is 0 Å². The van der Waals surface area contributed by atoms with E-state index in [4.69, 9.17) is 9.57 Å². The van der Waals surface area contributed by atoms with Gasteiger partial charge in [0, 0.05) is 16.9 Å². The van der Waals surface area contributed by atoms with Crippen molar-refractivity contribution in [3.63, 3.8) is 0 Å². The highest BCUT2D eigenvalue weighted by Gasteiger charge is 2.17. The molecule has 4 nitrogen and oxygen atoms in total. The second-order valence-electron chi connectivity index (χ2n) is 7.95. The number of ether oxygens (including phenoxy) is 1. The van der Waals surface area contributed by atoms with Gasteiger partial charge in [-0.1, -0.05) is 29.4 Å². The van der Waals surface area contributed by atoms with Crippen LogP contribution in [-0.4, -0.2) is 17.4 Å². The van der Waals surface area contributed by atoms with Crippen LogP contribution in [0.5, 0.6) is 5.75 Å². The molecule has 0 radical (unpaired) electrons. The molecule has 4 rings (SSSR count). The summed E-state index contributed by atoms with van der Waals surface area (Å²) in [5.41, 5.74) is 7.87. The summed E-state index contributed by atoms with van der Waals surface area (Å²) in [6.45, 7) is 6.45. The fourth-order valence-electron chi connectivity index (χ4n) is 3.89. The average molecular weight is 443 g/mol. The molecule has 33 heavy (non-hydrogen) atoms. The fourth-order valence-corrected chi connectivity index (χ4v) is 3.89. The van der Waals surface area contributed by atoms with Crippen molar-refractivity contribution in [2.75, 3.05) is 7.11 Å². The van der Waals surface area contributed by atoms with E-state index in [1.165, 1.54) is 17.7 Å². The Hall–Kier alpha value is -3.86. The third-order valence-electron chi connectivity index (χ3n) is 5.79. The van der Waals surface area contributed by atoms with E-state index >= 15 is 0 Å². The lowest BCUT2D eigenvalue weighted by Gasteiger charge is -2.13. The number of rotatable bonds is 7.